The summed E-state index contributed by atoms with van der Waals surface area (Å²) in [5.74, 6) is -0.0731. The van der Waals surface area contributed by atoms with Crippen molar-refractivity contribution in [2.45, 2.75) is 13.8 Å². The van der Waals surface area contributed by atoms with Gasteiger partial charge in [0.25, 0.3) is 0 Å². The zero-order valence-corrected chi connectivity index (χ0v) is 13.1. The molecule has 20 heavy (non-hydrogen) atoms. The molecular formula is C16H17BrN2O. The van der Waals surface area contributed by atoms with Crippen molar-refractivity contribution in [2.24, 2.45) is 0 Å². The second-order valence-corrected chi connectivity index (χ2v) is 5.61. The molecule has 1 amide bonds. The lowest BCUT2D eigenvalue weighted by Gasteiger charge is -2.10. The van der Waals surface area contributed by atoms with Crippen LogP contribution in [0.15, 0.2) is 46.9 Å². The van der Waals surface area contributed by atoms with Gasteiger partial charge < -0.3 is 10.6 Å². The Morgan fingerprint density at radius 2 is 1.75 bits per heavy atom. The van der Waals surface area contributed by atoms with E-state index in [-0.39, 0.29) is 12.5 Å². The summed E-state index contributed by atoms with van der Waals surface area (Å²) < 4.78 is 0.875. The van der Waals surface area contributed by atoms with Gasteiger partial charge in [-0.15, -0.1) is 0 Å². The fourth-order valence-electron chi connectivity index (χ4n) is 2.02. The van der Waals surface area contributed by atoms with Crippen molar-refractivity contribution in [2.75, 3.05) is 17.2 Å². The molecular weight excluding hydrogens is 316 g/mol. The molecule has 0 aliphatic carbocycles. The maximum Gasteiger partial charge on any atom is 0.243 e. The van der Waals surface area contributed by atoms with Gasteiger partial charge in [0, 0.05) is 10.2 Å². The average Bonchev–Trinajstić information content (AvgIpc) is 2.38. The van der Waals surface area contributed by atoms with Crippen molar-refractivity contribution >= 4 is 33.2 Å². The molecule has 0 spiro atoms. The summed E-state index contributed by atoms with van der Waals surface area (Å²) in [6.07, 6.45) is 0. The Morgan fingerprint density at radius 3 is 2.40 bits per heavy atom. The zero-order valence-electron chi connectivity index (χ0n) is 11.5. The highest BCUT2D eigenvalue weighted by atomic mass is 79.9. The second kappa shape index (κ2) is 6.57. The van der Waals surface area contributed by atoms with Crippen LogP contribution in [0, 0.1) is 13.8 Å². The molecule has 0 aromatic heterocycles. The van der Waals surface area contributed by atoms with E-state index in [1.807, 2.05) is 50.2 Å². The number of hydrogen-bond acceptors (Lipinski definition) is 2. The van der Waals surface area contributed by atoms with Gasteiger partial charge in [0.1, 0.15) is 0 Å². The predicted octanol–water partition coefficient (Wildman–Crippen LogP) is 4.12. The van der Waals surface area contributed by atoms with E-state index in [0.29, 0.717) is 0 Å². The van der Waals surface area contributed by atoms with Crippen LogP contribution in [-0.2, 0) is 4.79 Å². The normalized spacial score (nSPS) is 10.2. The molecule has 0 saturated heterocycles. The van der Waals surface area contributed by atoms with Gasteiger partial charge in [-0.1, -0.05) is 18.2 Å². The molecule has 0 bridgehead atoms. The van der Waals surface area contributed by atoms with Crippen LogP contribution < -0.4 is 10.6 Å². The second-order valence-electron chi connectivity index (χ2n) is 4.76. The molecule has 0 saturated carbocycles. The molecule has 0 aliphatic heterocycles. The van der Waals surface area contributed by atoms with E-state index in [9.17, 15) is 4.79 Å². The standard InChI is InChI=1S/C16H17BrN2O/c1-11-7-12(2)9-13(8-11)18-10-16(20)19-15-6-4-3-5-14(15)17/h3-9,18H,10H2,1-2H3,(H,19,20). The molecule has 104 valence electrons. The van der Waals surface area contributed by atoms with E-state index in [1.54, 1.807) is 0 Å². The van der Waals surface area contributed by atoms with Crippen LogP contribution in [0.4, 0.5) is 11.4 Å². The number of amides is 1. The van der Waals surface area contributed by atoms with Crippen LogP contribution in [0.3, 0.4) is 0 Å². The summed E-state index contributed by atoms with van der Waals surface area (Å²) >= 11 is 3.40. The number of aryl methyl sites for hydroxylation is 2. The summed E-state index contributed by atoms with van der Waals surface area (Å²) in [5.41, 5.74) is 4.10. The average molecular weight is 333 g/mol. The highest BCUT2D eigenvalue weighted by Gasteiger charge is 2.05. The largest absolute Gasteiger partial charge is 0.376 e. The first-order valence-corrected chi connectivity index (χ1v) is 7.20. The highest BCUT2D eigenvalue weighted by molar-refractivity contribution is 9.10. The van der Waals surface area contributed by atoms with Crippen LogP contribution in [0.2, 0.25) is 0 Å². The van der Waals surface area contributed by atoms with Crippen LogP contribution in [0.1, 0.15) is 11.1 Å². The van der Waals surface area contributed by atoms with E-state index < -0.39 is 0 Å². The lowest BCUT2D eigenvalue weighted by Crippen LogP contribution is -2.22. The van der Waals surface area contributed by atoms with Gasteiger partial charge in [-0.25, -0.2) is 0 Å². The molecule has 0 fully saturated rings. The van der Waals surface area contributed by atoms with Crippen LogP contribution in [0.5, 0.6) is 0 Å². The van der Waals surface area contributed by atoms with E-state index in [0.717, 1.165) is 15.8 Å². The first-order chi connectivity index (χ1) is 9.54. The number of carbonyl (C=O) groups is 1. The maximum absolute atomic E-state index is 11.9. The minimum Gasteiger partial charge on any atom is -0.376 e. The number of carbonyl (C=O) groups excluding carboxylic acids is 1. The Kier molecular flexibility index (Phi) is 4.79. The Balaban J connectivity index is 1.94. The highest BCUT2D eigenvalue weighted by Crippen LogP contribution is 2.21. The molecule has 0 heterocycles. The Bertz CT molecular complexity index is 605. The third kappa shape index (κ3) is 4.10. The van der Waals surface area contributed by atoms with Crippen molar-refractivity contribution in [1.29, 1.82) is 0 Å². The monoisotopic (exact) mass is 332 g/mol. The minimum atomic E-state index is -0.0731. The first kappa shape index (κ1) is 14.6. The van der Waals surface area contributed by atoms with Crippen LogP contribution in [-0.4, -0.2) is 12.5 Å². The predicted molar refractivity (Wildman–Crippen MR) is 87.2 cm³/mol. The summed E-state index contributed by atoms with van der Waals surface area (Å²) in [4.78, 5) is 11.9. The topological polar surface area (TPSA) is 41.1 Å². The SMILES string of the molecule is Cc1cc(C)cc(NCC(=O)Nc2ccccc2Br)c1. The van der Waals surface area contributed by atoms with Gasteiger partial charge in [-0.05, 0) is 65.2 Å². The van der Waals surface area contributed by atoms with Crippen molar-refractivity contribution < 1.29 is 4.79 Å². The van der Waals surface area contributed by atoms with Gasteiger partial charge in [-0.2, -0.15) is 0 Å². The van der Waals surface area contributed by atoms with Crippen LogP contribution >= 0.6 is 15.9 Å². The van der Waals surface area contributed by atoms with Gasteiger partial charge in [0.05, 0.1) is 12.2 Å². The number of rotatable bonds is 4. The van der Waals surface area contributed by atoms with E-state index in [4.69, 9.17) is 0 Å². The minimum absolute atomic E-state index is 0.0731. The van der Waals surface area contributed by atoms with Gasteiger partial charge in [0.2, 0.25) is 5.91 Å². The number of hydrogen-bond donors (Lipinski definition) is 2. The molecule has 2 aromatic carbocycles. The van der Waals surface area contributed by atoms with E-state index in [1.165, 1.54) is 11.1 Å². The number of para-hydroxylation sites is 1. The molecule has 0 radical (unpaired) electrons. The molecule has 4 heteroatoms. The smallest absolute Gasteiger partial charge is 0.243 e. The molecule has 2 rings (SSSR count). The van der Waals surface area contributed by atoms with Gasteiger partial charge in [-0.3, -0.25) is 4.79 Å². The molecule has 2 aromatic rings. The van der Waals surface area contributed by atoms with Gasteiger partial charge in [0.15, 0.2) is 0 Å². The molecule has 0 unspecified atom stereocenters. The number of halogens is 1. The quantitative estimate of drug-likeness (QED) is 0.884. The maximum atomic E-state index is 11.9. The summed E-state index contributed by atoms with van der Waals surface area (Å²) in [6.45, 7) is 4.32. The van der Waals surface area contributed by atoms with Crippen molar-refractivity contribution in [3.05, 3.63) is 58.1 Å². The molecule has 0 atom stereocenters. The Hall–Kier alpha value is -1.81. The number of anilines is 2. The Labute approximate surface area is 127 Å². The van der Waals surface area contributed by atoms with E-state index >= 15 is 0 Å². The fourth-order valence-corrected chi connectivity index (χ4v) is 2.40. The lowest BCUT2D eigenvalue weighted by atomic mass is 10.1. The van der Waals surface area contributed by atoms with Crippen molar-refractivity contribution in [3.63, 3.8) is 0 Å². The summed E-state index contributed by atoms with van der Waals surface area (Å²) in [5, 5.41) is 6.00. The van der Waals surface area contributed by atoms with E-state index in [2.05, 4.69) is 32.6 Å². The van der Waals surface area contributed by atoms with Gasteiger partial charge >= 0.3 is 0 Å². The molecule has 3 nitrogen and oxygen atoms in total. The third-order valence-electron chi connectivity index (χ3n) is 2.82. The summed E-state index contributed by atoms with van der Waals surface area (Å²) in [6, 6.07) is 13.7. The Morgan fingerprint density at radius 1 is 1.10 bits per heavy atom. The van der Waals surface area contributed by atoms with Crippen molar-refractivity contribution in [1.82, 2.24) is 0 Å². The summed E-state index contributed by atoms with van der Waals surface area (Å²) in [7, 11) is 0. The fraction of sp³-hybridized carbons (Fsp3) is 0.188. The molecule has 2 N–H and O–H groups in total. The van der Waals surface area contributed by atoms with Crippen LogP contribution in [0.25, 0.3) is 0 Å². The lowest BCUT2D eigenvalue weighted by molar-refractivity contribution is -0.114. The first-order valence-electron chi connectivity index (χ1n) is 6.41. The molecule has 0 aliphatic rings. The third-order valence-corrected chi connectivity index (χ3v) is 3.51. The number of nitrogens with one attached hydrogen (secondary N) is 2. The van der Waals surface area contributed by atoms with Crippen molar-refractivity contribution in [3.8, 4) is 0 Å². The number of benzene rings is 2. The zero-order chi connectivity index (χ0) is 14.5.